The van der Waals surface area contributed by atoms with Crippen molar-refractivity contribution in [1.82, 2.24) is 0 Å². The molecule has 1 rings (SSSR count). The highest BCUT2D eigenvalue weighted by atomic mass is 16.4. The Morgan fingerprint density at radius 3 is 2.46 bits per heavy atom. The number of hydrogen-bond donors (Lipinski definition) is 1. The summed E-state index contributed by atoms with van der Waals surface area (Å²) in [5.41, 5.74) is 0.0555. The molecule has 13 heavy (non-hydrogen) atoms. The number of carboxylic acids is 1. The Kier molecular flexibility index (Phi) is 2.79. The Labute approximate surface area is 79.6 Å². The van der Waals surface area contributed by atoms with Gasteiger partial charge in [0.25, 0.3) is 0 Å². The molecule has 0 aromatic carbocycles. The van der Waals surface area contributed by atoms with Crippen LogP contribution >= 0.6 is 0 Å². The van der Waals surface area contributed by atoms with E-state index in [1.807, 2.05) is 0 Å². The van der Waals surface area contributed by atoms with Crippen LogP contribution in [0.25, 0.3) is 0 Å². The maximum absolute atomic E-state index is 11.0. The molecule has 0 unspecified atom stereocenters. The van der Waals surface area contributed by atoms with Gasteiger partial charge in [0.2, 0.25) is 0 Å². The molecule has 0 aliphatic heterocycles. The molecule has 0 aromatic heterocycles. The van der Waals surface area contributed by atoms with Crippen LogP contribution in [0.2, 0.25) is 0 Å². The van der Waals surface area contributed by atoms with E-state index < -0.39 is 5.97 Å². The Bertz CT molecular complexity index is 223. The van der Waals surface area contributed by atoms with Gasteiger partial charge in [0.15, 0.2) is 0 Å². The maximum Gasteiger partial charge on any atom is 0.307 e. The van der Waals surface area contributed by atoms with E-state index in [1.165, 1.54) is 0 Å². The molecular weight excluding hydrogens is 164 g/mol. The number of hydrogen-bond acceptors (Lipinski definition) is 1. The van der Waals surface area contributed by atoms with E-state index in [0.717, 1.165) is 12.8 Å². The largest absolute Gasteiger partial charge is 0.481 e. The van der Waals surface area contributed by atoms with Crippen LogP contribution in [-0.2, 0) is 4.79 Å². The van der Waals surface area contributed by atoms with Gasteiger partial charge in [0, 0.05) is 0 Å². The highest BCUT2D eigenvalue weighted by Gasteiger charge is 2.35. The molecule has 2 nitrogen and oxygen atoms in total. The van der Waals surface area contributed by atoms with E-state index in [4.69, 9.17) is 5.11 Å². The minimum atomic E-state index is -0.649. The summed E-state index contributed by atoms with van der Waals surface area (Å²) in [6.45, 7) is 6.30. The molecule has 2 heteroatoms. The van der Waals surface area contributed by atoms with Crippen molar-refractivity contribution in [2.45, 2.75) is 33.6 Å². The first-order chi connectivity index (χ1) is 5.93. The average molecular weight is 182 g/mol. The molecule has 2 atom stereocenters. The SMILES string of the molecule is CC(C)(C)[C@@H]1C=CCC[C@H]1C(=O)O. The fourth-order valence-electron chi connectivity index (χ4n) is 2.00. The second-order valence-electron chi connectivity index (χ2n) is 4.84. The van der Waals surface area contributed by atoms with E-state index in [2.05, 4.69) is 32.9 Å². The summed E-state index contributed by atoms with van der Waals surface area (Å²) in [6.07, 6.45) is 5.87. The second-order valence-corrected chi connectivity index (χ2v) is 4.84. The Hall–Kier alpha value is -0.790. The smallest absolute Gasteiger partial charge is 0.307 e. The third-order valence-corrected chi connectivity index (χ3v) is 2.74. The molecule has 1 N–H and O–H groups in total. The van der Waals surface area contributed by atoms with E-state index in [-0.39, 0.29) is 17.3 Å². The predicted octanol–water partition coefficient (Wildman–Crippen LogP) is 2.70. The fraction of sp³-hybridized carbons (Fsp3) is 0.727. The summed E-state index contributed by atoms with van der Waals surface area (Å²) in [5.74, 6) is -0.659. The summed E-state index contributed by atoms with van der Waals surface area (Å²) in [4.78, 5) is 11.0. The van der Waals surface area contributed by atoms with Crippen molar-refractivity contribution in [3.63, 3.8) is 0 Å². The molecule has 0 radical (unpaired) electrons. The molecule has 0 bridgehead atoms. The number of rotatable bonds is 1. The highest BCUT2D eigenvalue weighted by molar-refractivity contribution is 5.71. The van der Waals surface area contributed by atoms with Gasteiger partial charge in [-0.3, -0.25) is 4.79 Å². The topological polar surface area (TPSA) is 37.3 Å². The lowest BCUT2D eigenvalue weighted by atomic mass is 9.69. The number of allylic oxidation sites excluding steroid dienone is 2. The predicted molar refractivity (Wildman–Crippen MR) is 52.4 cm³/mol. The fourth-order valence-corrected chi connectivity index (χ4v) is 2.00. The summed E-state index contributed by atoms with van der Waals surface area (Å²) in [5, 5.41) is 9.04. The van der Waals surface area contributed by atoms with E-state index in [9.17, 15) is 4.79 Å². The summed E-state index contributed by atoms with van der Waals surface area (Å²) in [7, 11) is 0. The van der Waals surface area contributed by atoms with Gasteiger partial charge in [-0.05, 0) is 24.2 Å². The molecule has 0 aromatic rings. The van der Waals surface area contributed by atoms with E-state index in [1.54, 1.807) is 0 Å². The molecule has 0 spiro atoms. The molecular formula is C11H18O2. The van der Waals surface area contributed by atoms with Crippen LogP contribution in [-0.4, -0.2) is 11.1 Å². The lowest BCUT2D eigenvalue weighted by Gasteiger charge is -2.35. The van der Waals surface area contributed by atoms with Crippen molar-refractivity contribution in [3.05, 3.63) is 12.2 Å². The molecule has 0 heterocycles. The summed E-state index contributed by atoms with van der Waals surface area (Å²) >= 11 is 0. The van der Waals surface area contributed by atoms with Crippen LogP contribution in [0.3, 0.4) is 0 Å². The van der Waals surface area contributed by atoms with Crippen molar-refractivity contribution in [3.8, 4) is 0 Å². The molecule has 0 saturated heterocycles. The van der Waals surface area contributed by atoms with Crippen molar-refractivity contribution in [2.75, 3.05) is 0 Å². The van der Waals surface area contributed by atoms with Crippen molar-refractivity contribution < 1.29 is 9.90 Å². The third kappa shape index (κ3) is 2.33. The quantitative estimate of drug-likeness (QED) is 0.633. The second kappa shape index (κ2) is 3.52. The van der Waals surface area contributed by atoms with Crippen LogP contribution in [0.4, 0.5) is 0 Å². The third-order valence-electron chi connectivity index (χ3n) is 2.74. The van der Waals surface area contributed by atoms with Crippen molar-refractivity contribution >= 4 is 5.97 Å². The summed E-state index contributed by atoms with van der Waals surface area (Å²) < 4.78 is 0. The van der Waals surface area contributed by atoms with Gasteiger partial charge in [0.1, 0.15) is 0 Å². The number of carboxylic acid groups (broad SMARTS) is 1. The average Bonchev–Trinajstić information content (AvgIpc) is 2.03. The minimum Gasteiger partial charge on any atom is -0.481 e. The van der Waals surface area contributed by atoms with Crippen molar-refractivity contribution in [2.24, 2.45) is 17.3 Å². The highest BCUT2D eigenvalue weighted by Crippen LogP contribution is 2.38. The zero-order chi connectivity index (χ0) is 10.1. The zero-order valence-corrected chi connectivity index (χ0v) is 8.58. The molecule has 0 saturated carbocycles. The van der Waals surface area contributed by atoms with Crippen LogP contribution in [0.15, 0.2) is 12.2 Å². The molecule has 74 valence electrons. The summed E-state index contributed by atoms with van der Waals surface area (Å²) in [6, 6.07) is 0. The molecule has 0 amide bonds. The number of aliphatic carboxylic acids is 1. The first kappa shape index (κ1) is 10.3. The van der Waals surface area contributed by atoms with Gasteiger partial charge in [-0.25, -0.2) is 0 Å². The van der Waals surface area contributed by atoms with E-state index >= 15 is 0 Å². The molecule has 1 aliphatic carbocycles. The van der Waals surface area contributed by atoms with Gasteiger partial charge >= 0.3 is 5.97 Å². The molecule has 1 aliphatic rings. The van der Waals surface area contributed by atoms with Crippen LogP contribution < -0.4 is 0 Å². The lowest BCUT2D eigenvalue weighted by Crippen LogP contribution is -2.33. The monoisotopic (exact) mass is 182 g/mol. The Morgan fingerprint density at radius 2 is 2.08 bits per heavy atom. The van der Waals surface area contributed by atoms with Crippen LogP contribution in [0.1, 0.15) is 33.6 Å². The first-order valence-corrected chi connectivity index (χ1v) is 4.82. The Morgan fingerprint density at radius 1 is 1.46 bits per heavy atom. The maximum atomic E-state index is 11.0. The molecule has 0 fully saturated rings. The van der Waals surface area contributed by atoms with Gasteiger partial charge in [0.05, 0.1) is 5.92 Å². The van der Waals surface area contributed by atoms with Gasteiger partial charge in [-0.2, -0.15) is 0 Å². The van der Waals surface area contributed by atoms with Gasteiger partial charge < -0.3 is 5.11 Å². The Balaban J connectivity index is 2.84. The minimum absolute atomic E-state index is 0.0555. The lowest BCUT2D eigenvalue weighted by molar-refractivity contribution is -0.144. The number of carbonyl (C=O) groups is 1. The first-order valence-electron chi connectivity index (χ1n) is 4.82. The normalized spacial score (nSPS) is 28.8. The van der Waals surface area contributed by atoms with Crippen LogP contribution in [0, 0.1) is 17.3 Å². The van der Waals surface area contributed by atoms with Gasteiger partial charge in [-0.1, -0.05) is 32.9 Å². The van der Waals surface area contributed by atoms with Gasteiger partial charge in [-0.15, -0.1) is 0 Å². The van der Waals surface area contributed by atoms with Crippen molar-refractivity contribution in [1.29, 1.82) is 0 Å². The van der Waals surface area contributed by atoms with Crippen LogP contribution in [0.5, 0.6) is 0 Å². The standard InChI is InChI=1S/C11H18O2/c1-11(2,3)9-7-5-4-6-8(9)10(12)13/h5,7-9H,4,6H2,1-3H3,(H,12,13)/t8-,9-/m1/s1. The zero-order valence-electron chi connectivity index (χ0n) is 8.58. The van der Waals surface area contributed by atoms with E-state index in [0.29, 0.717) is 0 Å².